The van der Waals surface area contributed by atoms with Crippen LogP contribution in [0.1, 0.15) is 12.0 Å². The SMILES string of the molecule is O=C(CCc1ccccc1F)N1CC(CN2C(=O)COC2=O)C1. The Hall–Kier alpha value is -2.44. The minimum absolute atomic E-state index is 0.0418. The molecular weight excluding hydrogens is 303 g/mol. The van der Waals surface area contributed by atoms with E-state index in [2.05, 4.69) is 4.74 Å². The molecule has 1 aromatic rings. The summed E-state index contributed by atoms with van der Waals surface area (Å²) < 4.78 is 18.1. The van der Waals surface area contributed by atoms with Gasteiger partial charge in [-0.3, -0.25) is 9.59 Å². The third-order valence-corrected chi connectivity index (χ3v) is 4.16. The van der Waals surface area contributed by atoms with Crippen molar-refractivity contribution in [2.45, 2.75) is 12.8 Å². The number of halogens is 1. The van der Waals surface area contributed by atoms with Gasteiger partial charge in [-0.2, -0.15) is 0 Å². The summed E-state index contributed by atoms with van der Waals surface area (Å²) in [5, 5.41) is 0. The molecule has 3 amide bonds. The third-order valence-electron chi connectivity index (χ3n) is 4.16. The normalized spacial score (nSPS) is 18.1. The fraction of sp³-hybridized carbons (Fsp3) is 0.438. The van der Waals surface area contributed by atoms with Crippen LogP contribution in [0.25, 0.3) is 0 Å². The summed E-state index contributed by atoms with van der Waals surface area (Å²) >= 11 is 0. The molecule has 0 spiro atoms. The Balaban J connectivity index is 1.42. The van der Waals surface area contributed by atoms with Crippen LogP contribution in [0, 0.1) is 11.7 Å². The van der Waals surface area contributed by atoms with Crippen LogP contribution >= 0.6 is 0 Å². The summed E-state index contributed by atoms with van der Waals surface area (Å²) in [6.45, 7) is 1.10. The molecule has 3 rings (SSSR count). The standard InChI is InChI=1S/C16H17FN2O4/c17-13-4-2-1-3-12(13)5-6-14(20)18-7-11(8-18)9-19-15(21)10-23-16(19)22/h1-4,11H,5-10H2. The molecular formula is C16H17FN2O4. The lowest BCUT2D eigenvalue weighted by atomic mass is 9.98. The summed E-state index contributed by atoms with van der Waals surface area (Å²) in [5.41, 5.74) is 0.531. The molecule has 0 radical (unpaired) electrons. The molecule has 122 valence electrons. The molecule has 6 nitrogen and oxygen atoms in total. The number of imide groups is 1. The van der Waals surface area contributed by atoms with E-state index in [9.17, 15) is 18.8 Å². The van der Waals surface area contributed by atoms with Crippen LogP contribution < -0.4 is 0 Å². The van der Waals surface area contributed by atoms with Crippen LogP contribution in [0.15, 0.2) is 24.3 Å². The van der Waals surface area contributed by atoms with E-state index in [1.807, 2.05) is 0 Å². The lowest BCUT2D eigenvalue weighted by Gasteiger charge is -2.40. The fourth-order valence-electron chi connectivity index (χ4n) is 2.81. The maximum atomic E-state index is 13.5. The molecule has 2 saturated heterocycles. The van der Waals surface area contributed by atoms with Crippen LogP contribution in [0.5, 0.6) is 0 Å². The Morgan fingerprint density at radius 3 is 2.65 bits per heavy atom. The van der Waals surface area contributed by atoms with Crippen molar-refractivity contribution in [1.82, 2.24) is 9.80 Å². The largest absolute Gasteiger partial charge is 0.439 e. The monoisotopic (exact) mass is 320 g/mol. The van der Waals surface area contributed by atoms with Gasteiger partial charge in [0.2, 0.25) is 5.91 Å². The van der Waals surface area contributed by atoms with Crippen LogP contribution in [0.4, 0.5) is 9.18 Å². The molecule has 0 bridgehead atoms. The maximum Gasteiger partial charge on any atom is 0.417 e. The summed E-state index contributed by atoms with van der Waals surface area (Å²) in [7, 11) is 0. The number of likely N-dealkylation sites (tertiary alicyclic amines) is 1. The lowest BCUT2D eigenvalue weighted by Crippen LogP contribution is -2.54. The number of ether oxygens (including phenoxy) is 1. The maximum absolute atomic E-state index is 13.5. The molecule has 2 aliphatic rings. The molecule has 0 atom stereocenters. The molecule has 1 aromatic carbocycles. The minimum Gasteiger partial charge on any atom is -0.439 e. The van der Waals surface area contributed by atoms with Gasteiger partial charge in [-0.05, 0) is 18.1 Å². The first-order valence-electron chi connectivity index (χ1n) is 7.53. The molecule has 0 unspecified atom stereocenters. The van der Waals surface area contributed by atoms with Crippen molar-refractivity contribution in [3.8, 4) is 0 Å². The first-order valence-corrected chi connectivity index (χ1v) is 7.53. The Kier molecular flexibility index (Phi) is 4.27. The second kappa shape index (κ2) is 6.36. The number of hydrogen-bond donors (Lipinski definition) is 0. The minimum atomic E-state index is -0.612. The molecule has 0 N–H and O–H groups in total. The number of benzene rings is 1. The second-order valence-electron chi connectivity index (χ2n) is 5.82. The van der Waals surface area contributed by atoms with E-state index in [0.29, 0.717) is 25.1 Å². The summed E-state index contributed by atoms with van der Waals surface area (Å²) in [4.78, 5) is 37.6. The predicted octanol–water partition coefficient (Wildman–Crippen LogP) is 1.20. The number of carbonyl (C=O) groups excluding carboxylic acids is 3. The Morgan fingerprint density at radius 1 is 1.26 bits per heavy atom. The summed E-state index contributed by atoms with van der Waals surface area (Å²) in [5.74, 6) is -0.589. The molecule has 2 heterocycles. The van der Waals surface area contributed by atoms with Crippen molar-refractivity contribution in [1.29, 1.82) is 0 Å². The highest BCUT2D eigenvalue weighted by Gasteiger charge is 2.38. The zero-order valence-electron chi connectivity index (χ0n) is 12.5. The molecule has 0 aromatic heterocycles. The van der Waals surface area contributed by atoms with Crippen LogP contribution in [-0.4, -0.2) is 53.9 Å². The van der Waals surface area contributed by atoms with Gasteiger partial charge in [0.25, 0.3) is 5.91 Å². The van der Waals surface area contributed by atoms with E-state index in [1.165, 1.54) is 6.07 Å². The van der Waals surface area contributed by atoms with Gasteiger partial charge in [0, 0.05) is 32.0 Å². The van der Waals surface area contributed by atoms with Crippen molar-refractivity contribution in [2.24, 2.45) is 5.92 Å². The number of rotatable bonds is 5. The van der Waals surface area contributed by atoms with Crippen molar-refractivity contribution in [3.63, 3.8) is 0 Å². The van der Waals surface area contributed by atoms with Crippen LogP contribution in [0.3, 0.4) is 0 Å². The third kappa shape index (κ3) is 3.33. The van der Waals surface area contributed by atoms with Gasteiger partial charge < -0.3 is 9.64 Å². The van der Waals surface area contributed by atoms with Gasteiger partial charge in [0.05, 0.1) is 0 Å². The van der Waals surface area contributed by atoms with E-state index in [-0.39, 0.29) is 43.1 Å². The van der Waals surface area contributed by atoms with Gasteiger partial charge >= 0.3 is 6.09 Å². The number of nitrogens with zero attached hydrogens (tertiary/aromatic N) is 2. The number of hydrogen-bond acceptors (Lipinski definition) is 4. The van der Waals surface area contributed by atoms with E-state index >= 15 is 0 Å². The Bertz CT molecular complexity index is 627. The highest BCUT2D eigenvalue weighted by Crippen LogP contribution is 2.21. The van der Waals surface area contributed by atoms with E-state index in [0.717, 1.165) is 4.90 Å². The van der Waals surface area contributed by atoms with Crippen molar-refractivity contribution in [2.75, 3.05) is 26.2 Å². The highest BCUT2D eigenvalue weighted by atomic mass is 19.1. The summed E-state index contributed by atoms with van der Waals surface area (Å²) in [6, 6.07) is 6.41. The van der Waals surface area contributed by atoms with Crippen molar-refractivity contribution >= 4 is 17.9 Å². The van der Waals surface area contributed by atoms with E-state index < -0.39 is 6.09 Å². The molecule has 2 aliphatic heterocycles. The summed E-state index contributed by atoms with van der Waals surface area (Å²) in [6.07, 6.45) is 0.00131. The molecule has 0 aliphatic carbocycles. The average molecular weight is 320 g/mol. The Morgan fingerprint density at radius 2 is 2.00 bits per heavy atom. The van der Waals surface area contributed by atoms with Gasteiger partial charge in [-0.1, -0.05) is 18.2 Å². The molecule has 2 fully saturated rings. The van der Waals surface area contributed by atoms with E-state index in [1.54, 1.807) is 23.1 Å². The van der Waals surface area contributed by atoms with Gasteiger partial charge in [-0.25, -0.2) is 14.1 Å². The van der Waals surface area contributed by atoms with Gasteiger partial charge in [-0.15, -0.1) is 0 Å². The lowest BCUT2D eigenvalue weighted by molar-refractivity contribution is -0.138. The number of amides is 3. The van der Waals surface area contributed by atoms with Gasteiger partial charge in [0.15, 0.2) is 6.61 Å². The van der Waals surface area contributed by atoms with Crippen LogP contribution in [-0.2, 0) is 20.7 Å². The van der Waals surface area contributed by atoms with Gasteiger partial charge in [0.1, 0.15) is 5.82 Å². The Labute approximate surface area is 132 Å². The van der Waals surface area contributed by atoms with E-state index in [4.69, 9.17) is 0 Å². The first-order chi connectivity index (χ1) is 11.0. The smallest absolute Gasteiger partial charge is 0.417 e. The predicted molar refractivity (Wildman–Crippen MR) is 77.9 cm³/mol. The zero-order chi connectivity index (χ0) is 16.4. The molecule has 7 heteroatoms. The fourth-order valence-corrected chi connectivity index (χ4v) is 2.81. The zero-order valence-corrected chi connectivity index (χ0v) is 12.5. The van der Waals surface area contributed by atoms with Crippen molar-refractivity contribution in [3.05, 3.63) is 35.6 Å². The number of cyclic esters (lactones) is 1. The average Bonchev–Trinajstić information content (AvgIpc) is 2.80. The highest BCUT2D eigenvalue weighted by molar-refractivity contribution is 5.97. The second-order valence-corrected chi connectivity index (χ2v) is 5.82. The topological polar surface area (TPSA) is 66.9 Å². The quantitative estimate of drug-likeness (QED) is 0.817. The first kappa shape index (κ1) is 15.5. The van der Waals surface area contributed by atoms with Crippen molar-refractivity contribution < 1.29 is 23.5 Å². The number of carbonyl (C=O) groups is 3. The molecule has 0 saturated carbocycles. The van der Waals surface area contributed by atoms with Crippen LogP contribution in [0.2, 0.25) is 0 Å². The molecule has 23 heavy (non-hydrogen) atoms. The number of aryl methyl sites for hydroxylation is 1.